The molecule has 0 aliphatic carbocycles. The minimum absolute atomic E-state index is 0.173. The summed E-state index contributed by atoms with van der Waals surface area (Å²) in [5.41, 5.74) is 0.664. The minimum Gasteiger partial charge on any atom is -0.493 e. The third-order valence-electron chi connectivity index (χ3n) is 2.48. The summed E-state index contributed by atoms with van der Waals surface area (Å²) in [6.07, 6.45) is 0. The van der Waals surface area contributed by atoms with Gasteiger partial charge in [0.1, 0.15) is 0 Å². The van der Waals surface area contributed by atoms with Crippen LogP contribution >= 0.6 is 0 Å². The van der Waals surface area contributed by atoms with E-state index in [2.05, 4.69) is 5.32 Å². The summed E-state index contributed by atoms with van der Waals surface area (Å²) < 4.78 is 15.6. The Morgan fingerprint density at radius 2 is 1.50 bits per heavy atom. The Balaban J connectivity index is 3.06. The number of aliphatic hydroxyl groups excluding tert-OH is 2. The van der Waals surface area contributed by atoms with Gasteiger partial charge in [-0.25, -0.2) is 0 Å². The van der Waals surface area contributed by atoms with E-state index in [0.29, 0.717) is 22.9 Å². The zero-order chi connectivity index (χ0) is 13.5. The fourth-order valence-corrected chi connectivity index (χ4v) is 1.55. The molecule has 0 unspecified atom stereocenters. The molecule has 0 saturated carbocycles. The molecular formula is C12H19NO5. The third kappa shape index (κ3) is 3.18. The van der Waals surface area contributed by atoms with Crippen molar-refractivity contribution in [3.05, 3.63) is 12.1 Å². The Hall–Kier alpha value is -1.66. The van der Waals surface area contributed by atoms with Crippen molar-refractivity contribution in [1.82, 2.24) is 0 Å². The molecule has 0 aromatic heterocycles. The number of methoxy groups -OCH3 is 3. The first-order valence-electron chi connectivity index (χ1n) is 5.48. The summed E-state index contributed by atoms with van der Waals surface area (Å²) in [5, 5.41) is 21.0. The largest absolute Gasteiger partial charge is 0.493 e. The van der Waals surface area contributed by atoms with Crippen LogP contribution in [-0.4, -0.2) is 50.8 Å². The van der Waals surface area contributed by atoms with Crippen LogP contribution in [0, 0.1) is 0 Å². The maximum Gasteiger partial charge on any atom is 0.203 e. The molecule has 0 aliphatic heterocycles. The van der Waals surface area contributed by atoms with Gasteiger partial charge in [-0.1, -0.05) is 0 Å². The van der Waals surface area contributed by atoms with E-state index >= 15 is 0 Å². The molecule has 0 bridgehead atoms. The van der Waals surface area contributed by atoms with Gasteiger partial charge in [-0.15, -0.1) is 0 Å². The van der Waals surface area contributed by atoms with Crippen LogP contribution in [0.5, 0.6) is 17.2 Å². The third-order valence-corrected chi connectivity index (χ3v) is 2.48. The van der Waals surface area contributed by atoms with E-state index in [1.807, 2.05) is 0 Å². The maximum absolute atomic E-state index is 9.03. The van der Waals surface area contributed by atoms with Crippen LogP contribution in [0.2, 0.25) is 0 Å². The summed E-state index contributed by atoms with van der Waals surface area (Å²) in [6.45, 7) is -0.347. The van der Waals surface area contributed by atoms with Gasteiger partial charge in [-0.2, -0.15) is 0 Å². The summed E-state index contributed by atoms with van der Waals surface area (Å²) in [7, 11) is 4.57. The van der Waals surface area contributed by atoms with Crippen LogP contribution in [0.25, 0.3) is 0 Å². The van der Waals surface area contributed by atoms with E-state index in [-0.39, 0.29) is 13.2 Å². The molecule has 0 heterocycles. The number of nitrogens with one attached hydrogen (secondary N) is 1. The normalized spacial score (nSPS) is 10.3. The highest BCUT2D eigenvalue weighted by atomic mass is 16.5. The molecule has 0 spiro atoms. The second-order valence-corrected chi connectivity index (χ2v) is 3.62. The minimum atomic E-state index is -0.437. The van der Waals surface area contributed by atoms with Crippen LogP contribution in [0.15, 0.2) is 12.1 Å². The van der Waals surface area contributed by atoms with Gasteiger partial charge >= 0.3 is 0 Å². The Bertz CT molecular complexity index is 354. The molecule has 1 aromatic rings. The molecular weight excluding hydrogens is 238 g/mol. The molecule has 6 heteroatoms. The lowest BCUT2D eigenvalue weighted by atomic mass is 10.2. The van der Waals surface area contributed by atoms with E-state index in [1.54, 1.807) is 12.1 Å². The van der Waals surface area contributed by atoms with Gasteiger partial charge in [0, 0.05) is 17.8 Å². The topological polar surface area (TPSA) is 80.2 Å². The van der Waals surface area contributed by atoms with Gasteiger partial charge in [-0.05, 0) is 0 Å². The monoisotopic (exact) mass is 257 g/mol. The van der Waals surface area contributed by atoms with E-state index in [9.17, 15) is 0 Å². The Kier molecular flexibility index (Phi) is 5.54. The van der Waals surface area contributed by atoms with E-state index in [1.165, 1.54) is 21.3 Å². The SMILES string of the molecule is COc1cc(NC(CO)CO)cc(OC)c1OC. The molecule has 0 aliphatic rings. The number of hydrogen-bond acceptors (Lipinski definition) is 6. The van der Waals surface area contributed by atoms with Gasteiger partial charge in [0.25, 0.3) is 0 Å². The average molecular weight is 257 g/mol. The van der Waals surface area contributed by atoms with Crippen LogP contribution in [0.3, 0.4) is 0 Å². The zero-order valence-electron chi connectivity index (χ0n) is 10.8. The van der Waals surface area contributed by atoms with Gasteiger partial charge in [-0.3, -0.25) is 0 Å². The van der Waals surface area contributed by atoms with Crippen molar-refractivity contribution in [2.75, 3.05) is 39.9 Å². The molecule has 18 heavy (non-hydrogen) atoms. The van der Waals surface area contributed by atoms with Crippen molar-refractivity contribution >= 4 is 5.69 Å². The molecule has 0 fully saturated rings. The van der Waals surface area contributed by atoms with Crippen LogP contribution in [0.4, 0.5) is 5.69 Å². The molecule has 0 saturated heterocycles. The van der Waals surface area contributed by atoms with Crippen molar-refractivity contribution < 1.29 is 24.4 Å². The molecule has 1 aromatic carbocycles. The lowest BCUT2D eigenvalue weighted by molar-refractivity contribution is 0.204. The summed E-state index contributed by atoms with van der Waals surface area (Å²) in [5.74, 6) is 1.51. The van der Waals surface area contributed by atoms with Crippen molar-refractivity contribution in [3.8, 4) is 17.2 Å². The number of ether oxygens (including phenoxy) is 3. The molecule has 0 atom stereocenters. The smallest absolute Gasteiger partial charge is 0.203 e. The van der Waals surface area contributed by atoms with Crippen molar-refractivity contribution in [3.63, 3.8) is 0 Å². The van der Waals surface area contributed by atoms with Gasteiger partial charge in [0.05, 0.1) is 40.6 Å². The predicted molar refractivity (Wildman–Crippen MR) is 67.7 cm³/mol. The first-order chi connectivity index (χ1) is 8.69. The summed E-state index contributed by atoms with van der Waals surface area (Å²) in [4.78, 5) is 0. The molecule has 3 N–H and O–H groups in total. The van der Waals surface area contributed by atoms with Crippen molar-refractivity contribution in [2.45, 2.75) is 6.04 Å². The van der Waals surface area contributed by atoms with E-state index in [0.717, 1.165) is 0 Å². The van der Waals surface area contributed by atoms with Gasteiger partial charge < -0.3 is 29.7 Å². The average Bonchev–Trinajstić information content (AvgIpc) is 2.43. The molecule has 102 valence electrons. The Labute approximate surface area is 106 Å². The van der Waals surface area contributed by atoms with Crippen LogP contribution < -0.4 is 19.5 Å². The van der Waals surface area contributed by atoms with E-state index < -0.39 is 6.04 Å². The van der Waals surface area contributed by atoms with Crippen LogP contribution in [0.1, 0.15) is 0 Å². The maximum atomic E-state index is 9.03. The highest BCUT2D eigenvalue weighted by Crippen LogP contribution is 2.39. The predicted octanol–water partition coefficient (Wildman–Crippen LogP) is 0.477. The molecule has 0 amide bonds. The number of rotatable bonds is 7. The van der Waals surface area contributed by atoms with Gasteiger partial charge in [0.15, 0.2) is 11.5 Å². The van der Waals surface area contributed by atoms with E-state index in [4.69, 9.17) is 24.4 Å². The quantitative estimate of drug-likeness (QED) is 0.659. The molecule has 6 nitrogen and oxygen atoms in total. The molecule has 0 radical (unpaired) electrons. The number of benzene rings is 1. The second-order valence-electron chi connectivity index (χ2n) is 3.62. The first-order valence-corrected chi connectivity index (χ1v) is 5.48. The fourth-order valence-electron chi connectivity index (χ4n) is 1.55. The Morgan fingerprint density at radius 1 is 1.00 bits per heavy atom. The molecule has 1 rings (SSSR count). The van der Waals surface area contributed by atoms with Crippen LogP contribution in [-0.2, 0) is 0 Å². The van der Waals surface area contributed by atoms with Gasteiger partial charge in [0.2, 0.25) is 5.75 Å². The number of aliphatic hydroxyl groups is 2. The highest BCUT2D eigenvalue weighted by Gasteiger charge is 2.14. The Morgan fingerprint density at radius 3 is 1.83 bits per heavy atom. The lowest BCUT2D eigenvalue weighted by Gasteiger charge is -2.18. The number of hydrogen-bond donors (Lipinski definition) is 3. The lowest BCUT2D eigenvalue weighted by Crippen LogP contribution is -2.27. The highest BCUT2D eigenvalue weighted by molar-refractivity contribution is 5.62. The standard InChI is InChI=1S/C12H19NO5/c1-16-10-4-8(13-9(6-14)7-15)5-11(17-2)12(10)18-3/h4-5,9,13-15H,6-7H2,1-3H3. The summed E-state index contributed by atoms with van der Waals surface area (Å²) >= 11 is 0. The van der Waals surface area contributed by atoms with Crippen molar-refractivity contribution in [2.24, 2.45) is 0 Å². The zero-order valence-corrected chi connectivity index (χ0v) is 10.8. The second kappa shape index (κ2) is 6.93. The summed E-state index contributed by atoms with van der Waals surface area (Å²) in [6, 6.07) is 2.98. The number of anilines is 1. The first kappa shape index (κ1) is 14.4. The fraction of sp³-hybridized carbons (Fsp3) is 0.500. The van der Waals surface area contributed by atoms with Crippen molar-refractivity contribution in [1.29, 1.82) is 0 Å².